The van der Waals surface area contributed by atoms with Crippen LogP contribution in [0.3, 0.4) is 0 Å². The second-order valence-corrected chi connectivity index (χ2v) is 14.7. The summed E-state index contributed by atoms with van der Waals surface area (Å²) in [5.74, 6) is -6.28. The Morgan fingerprint density at radius 3 is 1.37 bits per heavy atom. The number of nitrogens with zero attached hydrogens (tertiary/aromatic N) is 2. The number of aliphatic carboxylic acids is 3. The minimum absolute atomic E-state index is 0.00751. The molecule has 15 nitrogen and oxygen atoms in total. The average Bonchev–Trinajstić information content (AvgIpc) is 2.73. The molecule has 0 aromatic rings. The van der Waals surface area contributed by atoms with Gasteiger partial charge in [0.15, 0.2) is 11.1 Å². The van der Waals surface area contributed by atoms with Gasteiger partial charge in [-0.2, -0.15) is 9.85 Å². The Morgan fingerprint density at radius 2 is 1.09 bits per heavy atom. The van der Waals surface area contributed by atoms with Crippen molar-refractivity contribution >= 4 is 29.7 Å². The van der Waals surface area contributed by atoms with E-state index in [1.165, 1.54) is 69.2 Å². The van der Waals surface area contributed by atoms with E-state index in [0.717, 1.165) is 0 Å². The highest BCUT2D eigenvalue weighted by Gasteiger charge is 2.78. The third-order valence-corrected chi connectivity index (χ3v) is 9.41. The standard InChI is InChI=1S/C28H48N4O11/c1-16(33)29-18-11-24(3,4)31(41,25(5,6)12-18)21(22(37)38)28(23(39)40,15-20(35)36)43-32(42)26(7,8)13-19(30-17(2)34)14-27(32,9)10/h18-19,21,41-42H,11-15H2,1-10H3,(H3-2,29,30,33,34,35,36,37,38,39,40)/p+2. The molecule has 0 aliphatic carbocycles. The van der Waals surface area contributed by atoms with Gasteiger partial charge >= 0.3 is 23.5 Å². The minimum Gasteiger partial charge on any atom is -0.481 e. The number of piperidine rings is 2. The van der Waals surface area contributed by atoms with Gasteiger partial charge in [0.2, 0.25) is 11.8 Å². The maximum atomic E-state index is 13.4. The van der Waals surface area contributed by atoms with Gasteiger partial charge in [-0.1, -0.05) is 0 Å². The molecule has 2 rings (SSSR count). The molecule has 2 heterocycles. The third kappa shape index (κ3) is 6.10. The van der Waals surface area contributed by atoms with Gasteiger partial charge in [0.05, 0.1) is 6.42 Å². The van der Waals surface area contributed by atoms with Crippen LogP contribution in [0.5, 0.6) is 0 Å². The van der Waals surface area contributed by atoms with Gasteiger partial charge in [-0.3, -0.25) is 14.4 Å². The number of hydrogen-bond acceptors (Lipinski definition) is 8. The predicted molar refractivity (Wildman–Crippen MR) is 149 cm³/mol. The van der Waals surface area contributed by atoms with E-state index in [4.69, 9.17) is 4.84 Å². The molecule has 2 saturated heterocycles. The van der Waals surface area contributed by atoms with Crippen LogP contribution in [0.4, 0.5) is 0 Å². The molecule has 0 spiro atoms. The van der Waals surface area contributed by atoms with Gasteiger partial charge in [0.25, 0.3) is 6.04 Å². The lowest BCUT2D eigenvalue weighted by atomic mass is 9.71. The molecule has 0 radical (unpaired) electrons. The number of quaternary nitrogens is 2. The first kappa shape index (κ1) is 36.3. The second-order valence-electron chi connectivity index (χ2n) is 14.7. The molecule has 43 heavy (non-hydrogen) atoms. The molecule has 246 valence electrons. The van der Waals surface area contributed by atoms with E-state index in [2.05, 4.69) is 10.6 Å². The zero-order chi connectivity index (χ0) is 33.8. The van der Waals surface area contributed by atoms with Crippen molar-refractivity contribution in [3.05, 3.63) is 0 Å². The summed E-state index contributed by atoms with van der Waals surface area (Å²) in [6.07, 6.45) is -1.30. The van der Waals surface area contributed by atoms with Gasteiger partial charge < -0.3 is 26.0 Å². The number of rotatable bonds is 10. The largest absolute Gasteiger partial charge is 0.481 e. The topological polar surface area (TPSA) is 220 Å². The number of amides is 2. The average molecular weight is 619 g/mol. The quantitative estimate of drug-likeness (QED) is 0.175. The Kier molecular flexibility index (Phi) is 9.51. The summed E-state index contributed by atoms with van der Waals surface area (Å²) >= 11 is 0. The van der Waals surface area contributed by atoms with Gasteiger partial charge in [-0.05, 0) is 60.2 Å². The zero-order valence-electron chi connectivity index (χ0n) is 26.8. The molecule has 15 heteroatoms. The molecule has 0 aromatic carbocycles. The predicted octanol–water partition coefficient (Wildman–Crippen LogP) is 1.79. The second kappa shape index (κ2) is 11.3. The fourth-order valence-corrected chi connectivity index (χ4v) is 7.98. The number of hydrogen-bond donors (Lipinski definition) is 7. The highest BCUT2D eigenvalue weighted by Crippen LogP contribution is 2.53. The molecule has 0 saturated carbocycles. The van der Waals surface area contributed by atoms with Crippen LogP contribution < -0.4 is 10.6 Å². The summed E-state index contributed by atoms with van der Waals surface area (Å²) in [6.45, 7) is 14.8. The lowest BCUT2D eigenvalue weighted by Crippen LogP contribution is -2.86. The lowest BCUT2D eigenvalue weighted by molar-refractivity contribution is -1.31. The van der Waals surface area contributed by atoms with Crippen LogP contribution in [0, 0.1) is 0 Å². The Bertz CT molecular complexity index is 1130. The molecule has 2 amide bonds. The highest BCUT2D eigenvalue weighted by atomic mass is 16.9. The summed E-state index contributed by atoms with van der Waals surface area (Å²) < 4.78 is -1.49. The summed E-state index contributed by atoms with van der Waals surface area (Å²) in [6, 6.07) is -3.47. The normalized spacial score (nSPS) is 32.8. The number of hydroxylamine groups is 7. The number of nitrogens with one attached hydrogen (secondary N) is 2. The van der Waals surface area contributed by atoms with Crippen molar-refractivity contribution < 1.29 is 64.0 Å². The van der Waals surface area contributed by atoms with E-state index >= 15 is 0 Å². The van der Waals surface area contributed by atoms with Crippen molar-refractivity contribution in [3.63, 3.8) is 0 Å². The van der Waals surface area contributed by atoms with Crippen LogP contribution >= 0.6 is 0 Å². The summed E-state index contributed by atoms with van der Waals surface area (Å²) in [7, 11) is 0. The van der Waals surface area contributed by atoms with Crippen molar-refractivity contribution in [2.75, 3.05) is 0 Å². The first-order valence-corrected chi connectivity index (χ1v) is 14.3. The Balaban J connectivity index is 2.91. The van der Waals surface area contributed by atoms with Crippen LogP contribution in [0.15, 0.2) is 0 Å². The van der Waals surface area contributed by atoms with E-state index in [9.17, 15) is 49.7 Å². The molecule has 2 aliphatic heterocycles. The van der Waals surface area contributed by atoms with Crippen LogP contribution in [-0.4, -0.2) is 111 Å². The Morgan fingerprint density at radius 1 is 0.744 bits per heavy atom. The maximum Gasteiger partial charge on any atom is 0.369 e. The van der Waals surface area contributed by atoms with Crippen molar-refractivity contribution in [2.24, 2.45) is 0 Å². The molecular weight excluding hydrogens is 568 g/mol. The molecule has 0 bridgehead atoms. The van der Waals surface area contributed by atoms with Crippen molar-refractivity contribution in [1.29, 1.82) is 0 Å². The molecule has 2 unspecified atom stereocenters. The Labute approximate surface area is 251 Å². The first-order chi connectivity index (χ1) is 19.1. The summed E-state index contributed by atoms with van der Waals surface area (Å²) in [5, 5.41) is 62.1. The first-order valence-electron chi connectivity index (χ1n) is 14.3. The molecule has 2 fully saturated rings. The number of carbonyl (C=O) groups is 5. The zero-order valence-corrected chi connectivity index (χ0v) is 26.8. The fourth-order valence-electron chi connectivity index (χ4n) is 7.98. The number of carbonyl (C=O) groups excluding carboxylic acids is 2. The van der Waals surface area contributed by atoms with Crippen LogP contribution in [-0.2, 0) is 28.8 Å². The van der Waals surface area contributed by atoms with Crippen LogP contribution in [0.1, 0.15) is 101 Å². The van der Waals surface area contributed by atoms with E-state index in [1.807, 2.05) is 0 Å². The third-order valence-electron chi connectivity index (χ3n) is 9.41. The van der Waals surface area contributed by atoms with E-state index in [0.29, 0.717) is 0 Å². The number of likely N-dealkylation sites (tertiary alicyclic amines) is 1. The van der Waals surface area contributed by atoms with Crippen molar-refractivity contribution in [1.82, 2.24) is 10.6 Å². The molecular formula is C28H50N4O11+2. The molecule has 2 aliphatic rings. The van der Waals surface area contributed by atoms with E-state index in [-0.39, 0.29) is 37.5 Å². The van der Waals surface area contributed by atoms with Gasteiger partial charge in [0, 0.05) is 51.6 Å². The van der Waals surface area contributed by atoms with Crippen molar-refractivity contribution in [3.8, 4) is 0 Å². The fraction of sp³-hybridized carbons (Fsp3) is 0.821. The minimum atomic E-state index is -3.23. The number of carboxylic acid groups (broad SMARTS) is 3. The van der Waals surface area contributed by atoms with Crippen LogP contribution in [0.25, 0.3) is 0 Å². The lowest BCUT2D eigenvalue weighted by Gasteiger charge is -2.62. The Hall–Kier alpha value is -2.85. The SMILES string of the molecule is CC(=O)NC1CC(C)(C)[N+](O)(OC(CC(=O)O)(C(=O)O)C(C(=O)O)[N+]2(O)C(C)(C)CC(NC(C)=O)CC2(C)C)C(C)(C)C1. The van der Waals surface area contributed by atoms with E-state index in [1.54, 1.807) is 0 Å². The number of carboxylic acids is 3. The monoisotopic (exact) mass is 618 g/mol. The highest BCUT2D eigenvalue weighted by molar-refractivity contribution is 5.91. The summed E-state index contributed by atoms with van der Waals surface area (Å²) in [5.41, 5.74) is -9.03. The maximum absolute atomic E-state index is 13.4. The molecule has 0 aromatic heterocycles. The smallest absolute Gasteiger partial charge is 0.369 e. The molecule has 7 N–H and O–H groups in total. The molecule has 2 atom stereocenters. The van der Waals surface area contributed by atoms with Crippen LogP contribution in [0.2, 0.25) is 0 Å². The summed E-state index contributed by atoms with van der Waals surface area (Å²) in [4.78, 5) is 67.3. The van der Waals surface area contributed by atoms with Gasteiger partial charge in [-0.15, -0.1) is 4.84 Å². The van der Waals surface area contributed by atoms with E-state index < -0.39 is 79.7 Å². The van der Waals surface area contributed by atoms with Crippen molar-refractivity contribution in [2.45, 2.75) is 147 Å². The van der Waals surface area contributed by atoms with Gasteiger partial charge in [0.1, 0.15) is 11.1 Å². The van der Waals surface area contributed by atoms with Gasteiger partial charge in [-0.25, -0.2) is 14.8 Å².